The standard InChI is InChI=1S/C18H15NO8/c1-2-16(22)27-18(17(23)24,10-11-6-7-14(20)15(21)8-11)12-4-3-5-13(9-12)19(25)26/h2-9,20-21H,1,10H2,(H,23,24). The van der Waals surface area contributed by atoms with Gasteiger partial charge in [-0.3, -0.25) is 10.1 Å². The lowest BCUT2D eigenvalue weighted by atomic mass is 9.86. The Labute approximate surface area is 152 Å². The smallest absolute Gasteiger partial charge is 0.353 e. The number of hydrogen-bond acceptors (Lipinski definition) is 7. The molecule has 2 aromatic carbocycles. The maximum Gasteiger partial charge on any atom is 0.353 e. The van der Waals surface area contributed by atoms with Gasteiger partial charge in [0.1, 0.15) is 0 Å². The van der Waals surface area contributed by atoms with E-state index >= 15 is 0 Å². The topological polar surface area (TPSA) is 147 Å². The second-order valence-corrected chi connectivity index (χ2v) is 5.56. The number of carbonyl (C=O) groups is 2. The molecule has 0 heterocycles. The molecule has 0 aliphatic carbocycles. The van der Waals surface area contributed by atoms with Crippen LogP contribution in [-0.4, -0.2) is 32.2 Å². The Kier molecular flexibility index (Phi) is 5.45. The number of carboxylic acid groups (broad SMARTS) is 1. The number of hydrogen-bond donors (Lipinski definition) is 3. The maximum atomic E-state index is 12.1. The Morgan fingerprint density at radius 3 is 2.44 bits per heavy atom. The third-order valence-corrected chi connectivity index (χ3v) is 3.80. The number of ether oxygens (including phenoxy) is 1. The molecule has 0 fully saturated rings. The molecule has 0 saturated heterocycles. The molecule has 0 aromatic heterocycles. The zero-order valence-corrected chi connectivity index (χ0v) is 13.9. The molecule has 140 valence electrons. The molecule has 0 amide bonds. The van der Waals surface area contributed by atoms with E-state index in [4.69, 9.17) is 4.74 Å². The van der Waals surface area contributed by atoms with Crippen molar-refractivity contribution in [3.63, 3.8) is 0 Å². The Bertz CT molecular complexity index is 923. The van der Waals surface area contributed by atoms with Crippen LogP contribution in [0.5, 0.6) is 11.5 Å². The molecule has 0 bridgehead atoms. The number of phenols is 2. The summed E-state index contributed by atoms with van der Waals surface area (Å²) in [6.07, 6.45) is 0.306. The predicted octanol–water partition coefficient (Wildman–Crippen LogP) is 2.26. The minimum atomic E-state index is -2.32. The number of nitrogens with zero attached hydrogens (tertiary/aromatic N) is 1. The molecule has 0 aliphatic rings. The average molecular weight is 373 g/mol. The molecule has 0 radical (unpaired) electrons. The molecule has 3 N–H and O–H groups in total. The van der Waals surface area contributed by atoms with Gasteiger partial charge < -0.3 is 20.1 Å². The number of aromatic hydroxyl groups is 2. The van der Waals surface area contributed by atoms with Crippen LogP contribution in [0.25, 0.3) is 0 Å². The second kappa shape index (κ2) is 7.56. The molecule has 9 heteroatoms. The predicted molar refractivity (Wildman–Crippen MR) is 92.2 cm³/mol. The van der Waals surface area contributed by atoms with E-state index in [1.165, 1.54) is 18.2 Å². The van der Waals surface area contributed by atoms with Gasteiger partial charge >= 0.3 is 11.9 Å². The van der Waals surface area contributed by atoms with Crippen molar-refractivity contribution in [3.8, 4) is 11.5 Å². The lowest BCUT2D eigenvalue weighted by Crippen LogP contribution is -2.42. The summed E-state index contributed by atoms with van der Waals surface area (Å²) in [5.41, 5.74) is -2.65. The van der Waals surface area contributed by atoms with Crippen LogP contribution in [0.1, 0.15) is 11.1 Å². The number of rotatable bonds is 7. The van der Waals surface area contributed by atoms with Crippen LogP contribution < -0.4 is 0 Å². The second-order valence-electron chi connectivity index (χ2n) is 5.56. The summed E-state index contributed by atoms with van der Waals surface area (Å²) < 4.78 is 5.12. The SMILES string of the molecule is C=CC(=O)OC(Cc1ccc(O)c(O)c1)(C(=O)O)c1cccc([N+](=O)[O-])c1. The molecule has 2 rings (SSSR count). The van der Waals surface area contributed by atoms with Crippen molar-refractivity contribution < 1.29 is 34.6 Å². The summed E-state index contributed by atoms with van der Waals surface area (Å²) in [6.45, 7) is 3.23. The van der Waals surface area contributed by atoms with Crippen LogP contribution in [0.15, 0.2) is 55.1 Å². The summed E-state index contributed by atoms with van der Waals surface area (Å²) in [6, 6.07) is 8.26. The monoisotopic (exact) mass is 373 g/mol. The molecule has 0 saturated carbocycles. The molecular weight excluding hydrogens is 358 g/mol. The van der Waals surface area contributed by atoms with Crippen molar-refractivity contribution in [1.82, 2.24) is 0 Å². The first kappa shape index (κ1) is 19.4. The molecule has 1 unspecified atom stereocenters. The number of carboxylic acids is 1. The fraction of sp³-hybridized carbons (Fsp3) is 0.111. The zero-order chi connectivity index (χ0) is 20.2. The van der Waals surface area contributed by atoms with Gasteiger partial charge in [-0.2, -0.15) is 0 Å². The minimum absolute atomic E-state index is 0.146. The van der Waals surface area contributed by atoms with Crippen LogP contribution in [0.2, 0.25) is 0 Å². The van der Waals surface area contributed by atoms with Gasteiger partial charge in [0.15, 0.2) is 11.5 Å². The van der Waals surface area contributed by atoms with Crippen molar-refractivity contribution in [2.24, 2.45) is 0 Å². The third-order valence-electron chi connectivity index (χ3n) is 3.80. The lowest BCUT2D eigenvalue weighted by Gasteiger charge is -2.29. The van der Waals surface area contributed by atoms with Crippen LogP contribution >= 0.6 is 0 Å². The van der Waals surface area contributed by atoms with Crippen molar-refractivity contribution in [1.29, 1.82) is 0 Å². The minimum Gasteiger partial charge on any atom is -0.504 e. The Morgan fingerprint density at radius 1 is 1.19 bits per heavy atom. The highest BCUT2D eigenvalue weighted by molar-refractivity contribution is 5.88. The lowest BCUT2D eigenvalue weighted by molar-refractivity contribution is -0.385. The number of nitro benzene ring substituents is 1. The van der Waals surface area contributed by atoms with Gasteiger partial charge in [0.2, 0.25) is 5.60 Å². The highest BCUT2D eigenvalue weighted by Gasteiger charge is 2.45. The van der Waals surface area contributed by atoms with E-state index in [0.717, 1.165) is 30.3 Å². The van der Waals surface area contributed by atoms with Crippen LogP contribution in [0.3, 0.4) is 0 Å². The quantitative estimate of drug-likeness (QED) is 0.220. The molecular formula is C18H15NO8. The number of esters is 1. The Hall–Kier alpha value is -3.88. The van der Waals surface area contributed by atoms with Crippen LogP contribution in [0, 0.1) is 10.1 Å². The first-order valence-corrected chi connectivity index (χ1v) is 7.54. The van der Waals surface area contributed by atoms with E-state index in [1.54, 1.807) is 0 Å². The average Bonchev–Trinajstić information content (AvgIpc) is 2.63. The van der Waals surface area contributed by atoms with E-state index in [-0.39, 0.29) is 16.8 Å². The molecule has 27 heavy (non-hydrogen) atoms. The zero-order valence-electron chi connectivity index (χ0n) is 13.9. The van der Waals surface area contributed by atoms with Gasteiger partial charge in [-0.15, -0.1) is 0 Å². The van der Waals surface area contributed by atoms with E-state index in [9.17, 15) is 35.0 Å². The molecule has 9 nitrogen and oxygen atoms in total. The number of carbonyl (C=O) groups excluding carboxylic acids is 1. The van der Waals surface area contributed by atoms with Crippen molar-refractivity contribution >= 4 is 17.6 Å². The van der Waals surface area contributed by atoms with Gasteiger partial charge in [0.25, 0.3) is 5.69 Å². The Morgan fingerprint density at radius 2 is 1.89 bits per heavy atom. The number of aliphatic carboxylic acids is 1. The number of nitro groups is 1. The third kappa shape index (κ3) is 4.03. The van der Waals surface area contributed by atoms with Gasteiger partial charge in [-0.05, 0) is 17.7 Å². The number of phenolic OH excluding ortho intramolecular Hbond substituents is 2. The van der Waals surface area contributed by atoms with Crippen LogP contribution in [0.4, 0.5) is 5.69 Å². The van der Waals surface area contributed by atoms with Crippen molar-refractivity contribution in [3.05, 3.63) is 76.4 Å². The number of benzene rings is 2. The summed E-state index contributed by atoms with van der Waals surface area (Å²) >= 11 is 0. The Balaban J connectivity index is 2.65. The molecule has 0 spiro atoms. The van der Waals surface area contributed by atoms with Gasteiger partial charge in [-0.25, -0.2) is 9.59 Å². The first-order chi connectivity index (χ1) is 12.7. The largest absolute Gasteiger partial charge is 0.504 e. The van der Waals surface area contributed by atoms with E-state index in [0.29, 0.717) is 0 Å². The fourth-order valence-corrected chi connectivity index (χ4v) is 2.49. The molecule has 2 aromatic rings. The highest BCUT2D eigenvalue weighted by Crippen LogP contribution is 2.35. The van der Waals surface area contributed by atoms with E-state index < -0.39 is 40.4 Å². The summed E-state index contributed by atoms with van der Waals surface area (Å²) in [5.74, 6) is -3.54. The van der Waals surface area contributed by atoms with Crippen molar-refractivity contribution in [2.75, 3.05) is 0 Å². The maximum absolute atomic E-state index is 12.1. The van der Waals surface area contributed by atoms with Gasteiger partial charge in [0, 0.05) is 30.2 Å². The van der Waals surface area contributed by atoms with Crippen molar-refractivity contribution in [2.45, 2.75) is 12.0 Å². The summed E-state index contributed by atoms with van der Waals surface area (Å²) in [5, 5.41) is 39.9. The first-order valence-electron chi connectivity index (χ1n) is 7.54. The molecule has 0 aliphatic heterocycles. The van der Waals surface area contributed by atoms with Crippen LogP contribution in [-0.2, 0) is 26.3 Å². The van der Waals surface area contributed by atoms with Gasteiger partial charge in [-0.1, -0.05) is 24.8 Å². The summed E-state index contributed by atoms with van der Waals surface area (Å²) in [7, 11) is 0. The normalized spacial score (nSPS) is 12.6. The summed E-state index contributed by atoms with van der Waals surface area (Å²) in [4.78, 5) is 34.3. The van der Waals surface area contributed by atoms with E-state index in [2.05, 4.69) is 6.58 Å². The highest BCUT2D eigenvalue weighted by atomic mass is 16.6. The number of non-ortho nitro benzene ring substituents is 1. The molecule has 1 atom stereocenters. The fourth-order valence-electron chi connectivity index (χ4n) is 2.49. The van der Waals surface area contributed by atoms with Gasteiger partial charge in [0.05, 0.1) is 4.92 Å². The van der Waals surface area contributed by atoms with E-state index in [1.807, 2.05) is 0 Å².